The van der Waals surface area contributed by atoms with Crippen LogP contribution in [-0.2, 0) is 9.59 Å². The van der Waals surface area contributed by atoms with Crippen molar-refractivity contribution in [3.8, 4) is 0 Å². The molecule has 2 saturated heterocycles. The Bertz CT molecular complexity index is 1020. The summed E-state index contributed by atoms with van der Waals surface area (Å²) in [5.41, 5.74) is 3.12. The van der Waals surface area contributed by atoms with Crippen LogP contribution >= 0.6 is 11.6 Å². The van der Waals surface area contributed by atoms with Gasteiger partial charge in [0.15, 0.2) is 0 Å². The third-order valence-electron chi connectivity index (χ3n) is 5.97. The van der Waals surface area contributed by atoms with E-state index in [0.717, 1.165) is 24.1 Å². The molecule has 2 aromatic rings. The number of aryl methyl sites for hydroxylation is 1. The summed E-state index contributed by atoms with van der Waals surface area (Å²) in [5.74, 6) is -0.470. The van der Waals surface area contributed by atoms with Gasteiger partial charge in [0.25, 0.3) is 5.91 Å². The van der Waals surface area contributed by atoms with Crippen LogP contribution in [0, 0.1) is 12.8 Å². The lowest BCUT2D eigenvalue weighted by Crippen LogP contribution is -2.47. The number of rotatable bonds is 4. The highest BCUT2D eigenvalue weighted by Crippen LogP contribution is 2.30. The lowest BCUT2D eigenvalue weighted by atomic mass is 9.96. The Morgan fingerprint density at radius 3 is 2.62 bits per heavy atom. The molecule has 2 aromatic carbocycles. The minimum atomic E-state index is -0.276. The standard InChI is InChI=1S/C24H27ClN4O3/c1-16-4-6-17(7-5-16)24(32)29-11-2-3-18(14-29)23(31)27-19-8-9-21(20(25)13-19)28-12-10-26-22(30)15-28/h4-9,13,18H,2-3,10-12,14-15H2,1H3,(H,26,30)(H,27,31). The van der Waals surface area contributed by atoms with E-state index in [0.29, 0.717) is 42.5 Å². The maximum atomic E-state index is 12.9. The number of benzene rings is 2. The van der Waals surface area contributed by atoms with Crippen LogP contribution in [0.2, 0.25) is 5.02 Å². The second-order valence-electron chi connectivity index (χ2n) is 8.38. The highest BCUT2D eigenvalue weighted by Gasteiger charge is 2.29. The van der Waals surface area contributed by atoms with Crippen LogP contribution in [0.1, 0.15) is 28.8 Å². The molecule has 1 atom stereocenters. The number of carbonyl (C=O) groups excluding carboxylic acids is 3. The molecule has 2 heterocycles. The lowest BCUT2D eigenvalue weighted by Gasteiger charge is -2.32. The van der Waals surface area contributed by atoms with E-state index in [9.17, 15) is 14.4 Å². The Balaban J connectivity index is 1.39. The first kappa shape index (κ1) is 22.1. The molecule has 2 aliphatic heterocycles. The Hall–Kier alpha value is -3.06. The molecule has 7 nitrogen and oxygen atoms in total. The van der Waals surface area contributed by atoms with Gasteiger partial charge < -0.3 is 20.4 Å². The van der Waals surface area contributed by atoms with Crippen LogP contribution < -0.4 is 15.5 Å². The van der Waals surface area contributed by atoms with Gasteiger partial charge in [0.05, 0.1) is 23.2 Å². The van der Waals surface area contributed by atoms with Gasteiger partial charge in [0.2, 0.25) is 11.8 Å². The predicted octanol–water partition coefficient (Wildman–Crippen LogP) is 3.08. The molecule has 168 valence electrons. The fraction of sp³-hybridized carbons (Fsp3) is 0.375. The van der Waals surface area contributed by atoms with Crippen molar-refractivity contribution in [3.05, 3.63) is 58.6 Å². The molecule has 0 saturated carbocycles. The van der Waals surface area contributed by atoms with E-state index in [2.05, 4.69) is 10.6 Å². The number of anilines is 2. The molecule has 0 radical (unpaired) electrons. The first-order valence-corrected chi connectivity index (χ1v) is 11.3. The first-order valence-electron chi connectivity index (χ1n) is 10.9. The number of likely N-dealkylation sites (tertiary alicyclic amines) is 1. The average molecular weight is 455 g/mol. The van der Waals surface area contributed by atoms with Crippen LogP contribution in [0.4, 0.5) is 11.4 Å². The van der Waals surface area contributed by atoms with Gasteiger partial charge in [-0.2, -0.15) is 0 Å². The van der Waals surface area contributed by atoms with E-state index >= 15 is 0 Å². The van der Waals surface area contributed by atoms with Gasteiger partial charge in [-0.3, -0.25) is 14.4 Å². The monoisotopic (exact) mass is 454 g/mol. The molecule has 8 heteroatoms. The maximum Gasteiger partial charge on any atom is 0.253 e. The molecule has 4 rings (SSSR count). The molecule has 0 spiro atoms. The highest BCUT2D eigenvalue weighted by molar-refractivity contribution is 6.33. The van der Waals surface area contributed by atoms with Crippen molar-refractivity contribution < 1.29 is 14.4 Å². The number of hydrogen-bond donors (Lipinski definition) is 2. The van der Waals surface area contributed by atoms with Crippen LogP contribution in [0.15, 0.2) is 42.5 Å². The number of amides is 3. The van der Waals surface area contributed by atoms with Crippen molar-refractivity contribution in [2.24, 2.45) is 5.92 Å². The zero-order valence-corrected chi connectivity index (χ0v) is 18.8. The normalized spacial score (nSPS) is 18.8. The smallest absolute Gasteiger partial charge is 0.253 e. The molecular weight excluding hydrogens is 428 g/mol. The SMILES string of the molecule is Cc1ccc(C(=O)N2CCCC(C(=O)Nc3ccc(N4CCNC(=O)C4)c(Cl)c3)C2)cc1. The summed E-state index contributed by atoms with van der Waals surface area (Å²) in [6.45, 7) is 4.56. The van der Waals surface area contributed by atoms with Gasteiger partial charge in [-0.1, -0.05) is 29.3 Å². The van der Waals surface area contributed by atoms with E-state index in [-0.39, 0.29) is 30.2 Å². The quantitative estimate of drug-likeness (QED) is 0.743. The van der Waals surface area contributed by atoms with Crippen LogP contribution in [0.3, 0.4) is 0 Å². The number of nitrogens with one attached hydrogen (secondary N) is 2. The van der Waals surface area contributed by atoms with E-state index in [1.807, 2.05) is 42.2 Å². The van der Waals surface area contributed by atoms with E-state index in [4.69, 9.17) is 11.6 Å². The number of hydrogen-bond acceptors (Lipinski definition) is 4. The van der Waals surface area contributed by atoms with Gasteiger partial charge in [-0.25, -0.2) is 0 Å². The number of halogens is 1. The Kier molecular flexibility index (Phi) is 6.65. The van der Waals surface area contributed by atoms with Gasteiger partial charge in [-0.05, 0) is 50.1 Å². The highest BCUT2D eigenvalue weighted by atomic mass is 35.5. The van der Waals surface area contributed by atoms with E-state index < -0.39 is 0 Å². The summed E-state index contributed by atoms with van der Waals surface area (Å²) in [6, 6.07) is 12.8. The summed E-state index contributed by atoms with van der Waals surface area (Å²) in [7, 11) is 0. The van der Waals surface area contributed by atoms with E-state index in [1.165, 1.54) is 0 Å². The number of nitrogens with zero attached hydrogens (tertiary/aromatic N) is 2. The topological polar surface area (TPSA) is 81.8 Å². The molecule has 2 N–H and O–H groups in total. The maximum absolute atomic E-state index is 12.9. The molecule has 0 bridgehead atoms. The minimum absolute atomic E-state index is 0.0354. The summed E-state index contributed by atoms with van der Waals surface area (Å²) in [5, 5.41) is 6.21. The molecule has 2 fully saturated rings. The summed E-state index contributed by atoms with van der Waals surface area (Å²) >= 11 is 6.45. The Labute approximate surface area is 192 Å². The lowest BCUT2D eigenvalue weighted by molar-refractivity contribution is -0.121. The fourth-order valence-corrected chi connectivity index (χ4v) is 4.48. The molecule has 32 heavy (non-hydrogen) atoms. The molecule has 3 amide bonds. The van der Waals surface area contributed by atoms with E-state index in [1.54, 1.807) is 17.0 Å². The van der Waals surface area contributed by atoms with Gasteiger partial charge in [-0.15, -0.1) is 0 Å². The van der Waals surface area contributed by atoms with Crippen molar-refractivity contribution >= 4 is 40.7 Å². The van der Waals surface area contributed by atoms with Crippen molar-refractivity contribution in [2.75, 3.05) is 42.9 Å². The predicted molar refractivity (Wildman–Crippen MR) is 125 cm³/mol. The number of carbonyl (C=O) groups is 3. The van der Waals surface area contributed by atoms with Gasteiger partial charge >= 0.3 is 0 Å². The van der Waals surface area contributed by atoms with Crippen LogP contribution in [0.25, 0.3) is 0 Å². The summed E-state index contributed by atoms with van der Waals surface area (Å²) in [4.78, 5) is 41.1. The van der Waals surface area contributed by atoms with Crippen LogP contribution in [-0.4, -0.2) is 55.3 Å². The summed E-state index contributed by atoms with van der Waals surface area (Å²) in [6.07, 6.45) is 1.52. The Morgan fingerprint density at radius 1 is 1.12 bits per heavy atom. The second-order valence-corrected chi connectivity index (χ2v) is 8.79. The third-order valence-corrected chi connectivity index (χ3v) is 6.27. The van der Waals surface area contributed by atoms with Gasteiger partial charge in [0, 0.05) is 37.4 Å². The summed E-state index contributed by atoms with van der Waals surface area (Å²) < 4.78 is 0. The number of piperidine rings is 1. The minimum Gasteiger partial charge on any atom is -0.359 e. The molecule has 1 unspecified atom stereocenters. The van der Waals surface area contributed by atoms with Crippen molar-refractivity contribution in [3.63, 3.8) is 0 Å². The molecule has 2 aliphatic rings. The molecule has 0 aliphatic carbocycles. The zero-order valence-electron chi connectivity index (χ0n) is 18.1. The second kappa shape index (κ2) is 9.61. The van der Waals surface area contributed by atoms with Gasteiger partial charge in [0.1, 0.15) is 0 Å². The van der Waals surface area contributed by atoms with Crippen molar-refractivity contribution in [2.45, 2.75) is 19.8 Å². The largest absolute Gasteiger partial charge is 0.359 e. The Morgan fingerprint density at radius 2 is 1.91 bits per heavy atom. The fourth-order valence-electron chi connectivity index (χ4n) is 4.18. The van der Waals surface area contributed by atoms with Crippen molar-refractivity contribution in [1.82, 2.24) is 10.2 Å². The van der Waals surface area contributed by atoms with Crippen LogP contribution in [0.5, 0.6) is 0 Å². The molecule has 0 aromatic heterocycles. The average Bonchev–Trinajstić information content (AvgIpc) is 2.79. The number of piperazine rings is 1. The zero-order chi connectivity index (χ0) is 22.7. The first-order chi connectivity index (χ1) is 15.4. The molecular formula is C24H27ClN4O3. The van der Waals surface area contributed by atoms with Crippen molar-refractivity contribution in [1.29, 1.82) is 0 Å². The third kappa shape index (κ3) is 5.05.